The van der Waals surface area contributed by atoms with Gasteiger partial charge in [-0.1, -0.05) is 54.6 Å². The Morgan fingerprint density at radius 2 is 1.74 bits per heavy atom. The SMILES string of the molecule is CCNC(=NCc1ccccc1Cn1cccn1)NCC(c1ccccc1)N1CCOCC1.I. The lowest BCUT2D eigenvalue weighted by atomic mass is 10.0. The normalized spacial score (nSPS) is 15.4. The molecule has 2 N–H and O–H groups in total. The van der Waals surface area contributed by atoms with E-state index in [2.05, 4.69) is 82.2 Å². The molecule has 1 unspecified atom stereocenters. The summed E-state index contributed by atoms with van der Waals surface area (Å²) in [6, 6.07) is 21.4. The third kappa shape index (κ3) is 7.54. The monoisotopic (exact) mass is 574 g/mol. The number of ether oxygens (including phenoxy) is 1. The molecule has 4 rings (SSSR count). The van der Waals surface area contributed by atoms with Crippen molar-refractivity contribution >= 4 is 29.9 Å². The number of hydrogen-bond donors (Lipinski definition) is 2. The van der Waals surface area contributed by atoms with Crippen molar-refractivity contribution in [3.05, 3.63) is 89.7 Å². The minimum atomic E-state index is 0. The molecule has 0 radical (unpaired) electrons. The molecule has 182 valence electrons. The zero-order valence-corrected chi connectivity index (χ0v) is 22.1. The molecule has 1 atom stereocenters. The van der Waals surface area contributed by atoms with Gasteiger partial charge in [-0.15, -0.1) is 24.0 Å². The standard InChI is InChI=1S/C26H34N6O.HI/c1-2-27-26(28-19-23-11-6-7-12-24(23)21-32-14-8-13-30-32)29-20-25(22-9-4-3-5-10-22)31-15-17-33-18-16-31;/h3-14,25H,2,15-21H2,1H3,(H2,27,28,29);1H. The topological polar surface area (TPSA) is 66.7 Å². The summed E-state index contributed by atoms with van der Waals surface area (Å²) in [7, 11) is 0. The van der Waals surface area contributed by atoms with Crippen LogP contribution in [0, 0.1) is 0 Å². The molecule has 8 heteroatoms. The second-order valence-corrected chi connectivity index (χ2v) is 8.12. The number of nitrogens with zero attached hydrogens (tertiary/aromatic N) is 4. The molecule has 0 bridgehead atoms. The maximum atomic E-state index is 5.58. The molecule has 1 fully saturated rings. The van der Waals surface area contributed by atoms with E-state index in [9.17, 15) is 0 Å². The molecule has 1 aliphatic heterocycles. The van der Waals surface area contributed by atoms with Gasteiger partial charge in [0.1, 0.15) is 0 Å². The number of benzene rings is 2. The first-order valence-electron chi connectivity index (χ1n) is 11.8. The highest BCUT2D eigenvalue weighted by atomic mass is 127. The van der Waals surface area contributed by atoms with Crippen LogP contribution in [0.3, 0.4) is 0 Å². The van der Waals surface area contributed by atoms with Crippen LogP contribution in [0.1, 0.15) is 29.7 Å². The van der Waals surface area contributed by atoms with Crippen LogP contribution in [0.5, 0.6) is 0 Å². The summed E-state index contributed by atoms with van der Waals surface area (Å²) >= 11 is 0. The summed E-state index contributed by atoms with van der Waals surface area (Å²) in [6.07, 6.45) is 3.80. The van der Waals surface area contributed by atoms with Crippen molar-refractivity contribution in [2.24, 2.45) is 4.99 Å². The lowest BCUT2D eigenvalue weighted by Crippen LogP contribution is -2.46. The van der Waals surface area contributed by atoms with Gasteiger partial charge in [0.25, 0.3) is 0 Å². The second-order valence-electron chi connectivity index (χ2n) is 8.12. The van der Waals surface area contributed by atoms with Crippen molar-refractivity contribution in [2.45, 2.75) is 26.1 Å². The minimum Gasteiger partial charge on any atom is -0.379 e. The lowest BCUT2D eigenvalue weighted by molar-refractivity contribution is 0.0170. The number of aliphatic imine (C=N–C) groups is 1. The van der Waals surface area contributed by atoms with Crippen molar-refractivity contribution in [2.75, 3.05) is 39.4 Å². The van der Waals surface area contributed by atoms with Gasteiger partial charge in [0.05, 0.1) is 32.3 Å². The minimum absolute atomic E-state index is 0. The first kappa shape index (κ1) is 26.2. The van der Waals surface area contributed by atoms with Gasteiger partial charge in [-0.2, -0.15) is 5.10 Å². The first-order valence-corrected chi connectivity index (χ1v) is 11.8. The molecular formula is C26H35IN6O. The van der Waals surface area contributed by atoms with Gasteiger partial charge in [-0.05, 0) is 29.7 Å². The lowest BCUT2D eigenvalue weighted by Gasteiger charge is -2.35. The van der Waals surface area contributed by atoms with E-state index >= 15 is 0 Å². The third-order valence-corrected chi connectivity index (χ3v) is 5.90. The molecule has 3 aromatic rings. The molecule has 0 saturated carbocycles. The van der Waals surface area contributed by atoms with Crippen molar-refractivity contribution in [3.8, 4) is 0 Å². The van der Waals surface area contributed by atoms with Crippen LogP contribution in [0.25, 0.3) is 0 Å². The summed E-state index contributed by atoms with van der Waals surface area (Å²) in [5.74, 6) is 0.834. The number of aromatic nitrogens is 2. The molecule has 7 nitrogen and oxygen atoms in total. The maximum Gasteiger partial charge on any atom is 0.191 e. The van der Waals surface area contributed by atoms with Gasteiger partial charge in [-0.25, -0.2) is 4.99 Å². The Balaban J connectivity index is 0.00000324. The third-order valence-electron chi connectivity index (χ3n) is 5.90. The fourth-order valence-electron chi connectivity index (χ4n) is 4.16. The molecule has 0 spiro atoms. The molecule has 34 heavy (non-hydrogen) atoms. The molecular weight excluding hydrogens is 539 g/mol. The Morgan fingerprint density at radius 3 is 2.44 bits per heavy atom. The van der Waals surface area contributed by atoms with Gasteiger partial charge in [0.2, 0.25) is 0 Å². The number of hydrogen-bond acceptors (Lipinski definition) is 4. The second kappa shape index (κ2) is 14.1. The first-order chi connectivity index (χ1) is 16.3. The Morgan fingerprint density at radius 1 is 1.00 bits per heavy atom. The molecule has 2 heterocycles. The highest BCUT2D eigenvalue weighted by Gasteiger charge is 2.22. The van der Waals surface area contributed by atoms with Crippen LogP contribution >= 0.6 is 24.0 Å². The van der Waals surface area contributed by atoms with Crippen LogP contribution in [0.15, 0.2) is 78.0 Å². The average molecular weight is 575 g/mol. The number of guanidine groups is 1. The number of halogens is 1. The van der Waals surface area contributed by atoms with E-state index in [0.717, 1.165) is 51.9 Å². The predicted octanol–water partition coefficient (Wildman–Crippen LogP) is 3.68. The van der Waals surface area contributed by atoms with E-state index in [0.29, 0.717) is 6.54 Å². The molecule has 1 saturated heterocycles. The van der Waals surface area contributed by atoms with Gasteiger partial charge in [0.15, 0.2) is 5.96 Å². The van der Waals surface area contributed by atoms with Crippen LogP contribution in [-0.2, 0) is 17.8 Å². The van der Waals surface area contributed by atoms with Crippen molar-refractivity contribution in [1.29, 1.82) is 0 Å². The van der Waals surface area contributed by atoms with Gasteiger partial charge >= 0.3 is 0 Å². The Hall–Kier alpha value is -2.43. The molecule has 1 aliphatic rings. The fourth-order valence-corrected chi connectivity index (χ4v) is 4.16. The van der Waals surface area contributed by atoms with E-state index in [4.69, 9.17) is 9.73 Å². The fraction of sp³-hybridized carbons (Fsp3) is 0.385. The maximum absolute atomic E-state index is 5.58. The summed E-state index contributed by atoms with van der Waals surface area (Å²) in [5.41, 5.74) is 3.75. The zero-order chi connectivity index (χ0) is 22.7. The van der Waals surface area contributed by atoms with E-state index in [1.54, 1.807) is 0 Å². The Bertz CT molecular complexity index is 990. The summed E-state index contributed by atoms with van der Waals surface area (Å²) in [4.78, 5) is 7.40. The Kier molecular flexibility index (Phi) is 10.8. The smallest absolute Gasteiger partial charge is 0.191 e. The number of rotatable bonds is 9. The zero-order valence-electron chi connectivity index (χ0n) is 19.8. The molecule has 0 aliphatic carbocycles. The van der Waals surface area contributed by atoms with Crippen LogP contribution in [-0.4, -0.2) is 60.0 Å². The molecule has 1 aromatic heterocycles. The highest BCUT2D eigenvalue weighted by molar-refractivity contribution is 14.0. The Labute approximate surface area is 219 Å². The summed E-state index contributed by atoms with van der Waals surface area (Å²) < 4.78 is 7.52. The predicted molar refractivity (Wildman–Crippen MR) is 148 cm³/mol. The van der Waals surface area contributed by atoms with Crippen molar-refractivity contribution < 1.29 is 4.74 Å². The van der Waals surface area contributed by atoms with E-state index in [-0.39, 0.29) is 30.0 Å². The van der Waals surface area contributed by atoms with Gasteiger partial charge in [0, 0.05) is 38.6 Å². The number of nitrogens with one attached hydrogen (secondary N) is 2. The summed E-state index contributed by atoms with van der Waals surface area (Å²) in [5, 5.41) is 11.3. The van der Waals surface area contributed by atoms with Crippen LogP contribution in [0.2, 0.25) is 0 Å². The van der Waals surface area contributed by atoms with Crippen molar-refractivity contribution in [3.63, 3.8) is 0 Å². The molecule has 0 amide bonds. The van der Waals surface area contributed by atoms with E-state index in [1.165, 1.54) is 16.7 Å². The molecule has 2 aromatic carbocycles. The van der Waals surface area contributed by atoms with E-state index in [1.807, 2.05) is 23.1 Å². The average Bonchev–Trinajstić information content (AvgIpc) is 3.38. The number of morpholine rings is 1. The van der Waals surface area contributed by atoms with Crippen LogP contribution < -0.4 is 10.6 Å². The van der Waals surface area contributed by atoms with Gasteiger partial charge in [-0.3, -0.25) is 9.58 Å². The van der Waals surface area contributed by atoms with E-state index < -0.39 is 0 Å². The summed E-state index contributed by atoms with van der Waals surface area (Å²) in [6.45, 7) is 8.50. The van der Waals surface area contributed by atoms with Crippen molar-refractivity contribution in [1.82, 2.24) is 25.3 Å². The highest BCUT2D eigenvalue weighted by Crippen LogP contribution is 2.21. The van der Waals surface area contributed by atoms with Crippen LogP contribution in [0.4, 0.5) is 0 Å². The van der Waals surface area contributed by atoms with Gasteiger partial charge < -0.3 is 15.4 Å². The quantitative estimate of drug-likeness (QED) is 0.232. The largest absolute Gasteiger partial charge is 0.379 e.